The van der Waals surface area contributed by atoms with Gasteiger partial charge in [0, 0.05) is 0 Å². The first-order chi connectivity index (χ1) is 8.31. The van der Waals surface area contributed by atoms with Crippen LogP contribution in [0, 0.1) is 0 Å². The molecule has 0 saturated heterocycles. The minimum atomic E-state index is 0.317. The Morgan fingerprint density at radius 3 is 2.88 bits per heavy atom. The number of benzene rings is 1. The van der Waals surface area contributed by atoms with Gasteiger partial charge in [-0.25, -0.2) is 0 Å². The number of rotatable bonds is 2. The third-order valence-electron chi connectivity index (χ3n) is 3.28. The molecular weight excluding hydrogens is 299 g/mol. The van der Waals surface area contributed by atoms with Gasteiger partial charge in [-0.3, -0.25) is 0 Å². The molecule has 1 saturated carbocycles. The number of anilines is 1. The van der Waals surface area contributed by atoms with E-state index in [0.29, 0.717) is 20.5 Å². The first-order valence-electron chi connectivity index (χ1n) is 6.14. The van der Waals surface area contributed by atoms with Crippen LogP contribution >= 0.6 is 11.6 Å². The maximum absolute atomic E-state index is 6.00. The summed E-state index contributed by atoms with van der Waals surface area (Å²) in [4.78, 5) is 4.66. The second-order valence-electron chi connectivity index (χ2n) is 4.61. The molecule has 0 spiro atoms. The van der Waals surface area contributed by atoms with Crippen LogP contribution in [0.15, 0.2) is 18.2 Å². The summed E-state index contributed by atoms with van der Waals surface area (Å²) in [5.41, 5.74) is 1.10. The van der Waals surface area contributed by atoms with E-state index in [1.165, 1.54) is 41.1 Å². The molecule has 3 rings (SSSR count). The van der Waals surface area contributed by atoms with Gasteiger partial charge in [-0.1, -0.05) is 0 Å². The molecule has 0 aliphatic heterocycles. The van der Waals surface area contributed by atoms with E-state index >= 15 is 0 Å². The summed E-state index contributed by atoms with van der Waals surface area (Å²) in [6.07, 6.45) is 6.71. The van der Waals surface area contributed by atoms with E-state index in [1.807, 2.05) is 12.1 Å². The van der Waals surface area contributed by atoms with Gasteiger partial charge in [0.2, 0.25) is 0 Å². The van der Waals surface area contributed by atoms with Crippen molar-refractivity contribution in [2.24, 2.45) is 0 Å². The molecule has 0 amide bonds. The Morgan fingerprint density at radius 1 is 1.24 bits per heavy atom. The molecule has 1 aromatic heterocycles. The number of hydrogen-bond acceptors (Lipinski definition) is 2. The monoisotopic (exact) mass is 314 g/mol. The Labute approximate surface area is 112 Å². The molecule has 0 radical (unpaired) electrons. The van der Waals surface area contributed by atoms with Crippen molar-refractivity contribution in [1.29, 1.82) is 0 Å². The molecule has 0 bridgehead atoms. The van der Waals surface area contributed by atoms with Crippen molar-refractivity contribution in [3.8, 4) is 0 Å². The van der Waals surface area contributed by atoms with E-state index in [2.05, 4.69) is 16.4 Å². The fourth-order valence-electron chi connectivity index (χ4n) is 2.38. The van der Waals surface area contributed by atoms with E-state index < -0.39 is 0 Å². The molecule has 4 heteroatoms. The summed E-state index contributed by atoms with van der Waals surface area (Å²) in [6, 6.07) is 6.64. The van der Waals surface area contributed by atoms with Crippen LogP contribution in [0.2, 0.25) is 5.02 Å². The molecule has 2 nitrogen and oxygen atoms in total. The molecule has 1 aliphatic carbocycles. The molecule has 1 N–H and O–H groups in total. The third-order valence-corrected chi connectivity index (χ3v) is 5.51. The second kappa shape index (κ2) is 5.01. The van der Waals surface area contributed by atoms with E-state index in [1.54, 1.807) is 0 Å². The Kier molecular flexibility index (Phi) is 3.41. The molecule has 0 atom stereocenters. The topological polar surface area (TPSA) is 24.9 Å². The Morgan fingerprint density at radius 2 is 2.06 bits per heavy atom. The maximum atomic E-state index is 6.00. The average molecular weight is 314 g/mol. The first-order valence-corrected chi connectivity index (χ1v) is 8.23. The van der Waals surface area contributed by atoms with Crippen LogP contribution in [0.1, 0.15) is 32.1 Å². The first kappa shape index (κ1) is 11.6. The molecular formula is C13H15ClN2Se. The summed E-state index contributed by atoms with van der Waals surface area (Å²) in [5, 5.41) is 4.44. The average Bonchev–Trinajstić information content (AvgIpc) is 2.71. The van der Waals surface area contributed by atoms with Crippen molar-refractivity contribution >= 4 is 40.6 Å². The van der Waals surface area contributed by atoms with E-state index in [0.717, 1.165) is 10.5 Å². The molecule has 1 heterocycles. The van der Waals surface area contributed by atoms with Crippen molar-refractivity contribution in [3.05, 3.63) is 23.2 Å². The Hall–Kier alpha value is -0.501. The number of halogens is 1. The third kappa shape index (κ3) is 2.67. The van der Waals surface area contributed by atoms with E-state index in [4.69, 9.17) is 11.6 Å². The molecule has 1 aliphatic rings. The van der Waals surface area contributed by atoms with Crippen molar-refractivity contribution < 1.29 is 0 Å². The molecule has 1 fully saturated rings. The van der Waals surface area contributed by atoms with Gasteiger partial charge in [0.1, 0.15) is 0 Å². The van der Waals surface area contributed by atoms with Gasteiger partial charge in [-0.15, -0.1) is 0 Å². The van der Waals surface area contributed by atoms with Crippen molar-refractivity contribution in [2.45, 2.75) is 38.1 Å². The second-order valence-corrected chi connectivity index (χ2v) is 7.21. The van der Waals surface area contributed by atoms with E-state index in [-0.39, 0.29) is 0 Å². The van der Waals surface area contributed by atoms with Gasteiger partial charge in [-0.05, 0) is 0 Å². The summed E-state index contributed by atoms with van der Waals surface area (Å²) in [5.74, 6) is 0. The van der Waals surface area contributed by atoms with E-state index in [9.17, 15) is 0 Å². The van der Waals surface area contributed by atoms with Crippen molar-refractivity contribution in [3.63, 3.8) is 0 Å². The zero-order valence-electron chi connectivity index (χ0n) is 9.58. The molecule has 2 aromatic rings. The predicted molar refractivity (Wildman–Crippen MR) is 74.2 cm³/mol. The quantitative estimate of drug-likeness (QED) is 0.855. The Balaban J connectivity index is 1.80. The molecule has 90 valence electrons. The molecule has 0 unspecified atom stereocenters. The van der Waals surface area contributed by atoms with Crippen LogP contribution < -0.4 is 5.32 Å². The van der Waals surface area contributed by atoms with Crippen LogP contribution in [0.25, 0.3) is 9.78 Å². The van der Waals surface area contributed by atoms with Crippen LogP contribution in [-0.4, -0.2) is 25.5 Å². The standard InChI is InChI=1S/C13H15ClN2Se/c14-9-6-7-11-12(8-9)17-13(16-11)15-10-4-2-1-3-5-10/h6-8,10H,1-5H2,(H,15,16). The SMILES string of the molecule is Clc1ccc2nc(NC3CCCCC3)[se]c2c1. The summed E-state index contributed by atoms with van der Waals surface area (Å²) in [6.45, 7) is 0. The number of nitrogens with zero attached hydrogens (tertiary/aromatic N) is 1. The van der Waals surface area contributed by atoms with Crippen LogP contribution in [0.5, 0.6) is 0 Å². The van der Waals surface area contributed by atoms with Gasteiger partial charge in [0.25, 0.3) is 0 Å². The van der Waals surface area contributed by atoms with Crippen molar-refractivity contribution in [2.75, 3.05) is 5.32 Å². The zero-order chi connectivity index (χ0) is 11.7. The van der Waals surface area contributed by atoms with Crippen LogP contribution in [-0.2, 0) is 0 Å². The van der Waals surface area contributed by atoms with Gasteiger partial charge >= 0.3 is 112 Å². The van der Waals surface area contributed by atoms with Crippen molar-refractivity contribution in [1.82, 2.24) is 4.98 Å². The summed E-state index contributed by atoms with van der Waals surface area (Å²) in [7, 11) is 0. The number of aromatic nitrogens is 1. The van der Waals surface area contributed by atoms with Gasteiger partial charge in [0.05, 0.1) is 0 Å². The molecule has 17 heavy (non-hydrogen) atoms. The predicted octanol–water partition coefficient (Wildman–Crippen LogP) is 3.69. The minimum absolute atomic E-state index is 0.317. The normalized spacial score (nSPS) is 17.5. The Bertz CT molecular complexity index is 517. The number of fused-ring (bicyclic) bond motifs is 1. The number of nitrogens with one attached hydrogen (secondary N) is 1. The molecule has 1 aromatic carbocycles. The van der Waals surface area contributed by atoms with Gasteiger partial charge in [0.15, 0.2) is 0 Å². The fraction of sp³-hybridized carbons (Fsp3) is 0.462. The van der Waals surface area contributed by atoms with Gasteiger partial charge in [-0.2, -0.15) is 0 Å². The summed E-state index contributed by atoms with van der Waals surface area (Å²) >= 11 is 6.32. The van der Waals surface area contributed by atoms with Crippen LogP contribution in [0.3, 0.4) is 0 Å². The zero-order valence-corrected chi connectivity index (χ0v) is 12.0. The summed E-state index contributed by atoms with van der Waals surface area (Å²) < 4.78 is 2.49. The van der Waals surface area contributed by atoms with Crippen LogP contribution in [0.4, 0.5) is 4.69 Å². The van der Waals surface area contributed by atoms with Gasteiger partial charge < -0.3 is 0 Å². The number of hydrogen-bond donors (Lipinski definition) is 1. The fourth-order valence-corrected chi connectivity index (χ4v) is 4.76.